The molecule has 1 fully saturated rings. The fraction of sp³-hybridized carbons (Fsp3) is 0.357. The highest BCUT2D eigenvalue weighted by molar-refractivity contribution is 7.91. The summed E-state index contributed by atoms with van der Waals surface area (Å²) >= 11 is 0. The second-order valence-corrected chi connectivity index (χ2v) is 7.62. The molecule has 0 saturated carbocycles. The van der Waals surface area contributed by atoms with Crippen LogP contribution in [0.3, 0.4) is 0 Å². The smallest absolute Gasteiger partial charge is 0.311 e. The van der Waals surface area contributed by atoms with Gasteiger partial charge >= 0.3 is 11.8 Å². The van der Waals surface area contributed by atoms with E-state index < -0.39 is 27.6 Å². The van der Waals surface area contributed by atoms with Gasteiger partial charge in [-0.2, -0.15) is 0 Å². The van der Waals surface area contributed by atoms with E-state index in [4.69, 9.17) is 4.42 Å². The Hall–Kier alpha value is -2.29. The van der Waals surface area contributed by atoms with Crippen LogP contribution in [0.5, 0.6) is 0 Å². The van der Waals surface area contributed by atoms with Crippen LogP contribution < -0.4 is 0 Å². The topological polar surface area (TPSA) is 93.4 Å². The minimum atomic E-state index is -3.09. The summed E-state index contributed by atoms with van der Waals surface area (Å²) < 4.78 is 41.2. The first-order valence-corrected chi connectivity index (χ1v) is 8.75. The summed E-state index contributed by atoms with van der Waals surface area (Å²) in [7, 11) is -1.58. The molecule has 0 spiro atoms. The Balaban J connectivity index is 1.77. The Kier molecular flexibility index (Phi) is 3.88. The summed E-state index contributed by atoms with van der Waals surface area (Å²) in [5.74, 6) is -1.05. The van der Waals surface area contributed by atoms with Gasteiger partial charge in [-0.25, -0.2) is 12.8 Å². The molecular weight excluding hydrogens is 325 g/mol. The first-order valence-electron chi connectivity index (χ1n) is 6.93. The molecule has 1 amide bonds. The highest BCUT2D eigenvalue weighted by Gasteiger charge is 2.34. The maximum Gasteiger partial charge on any atom is 0.311 e. The van der Waals surface area contributed by atoms with Crippen LogP contribution >= 0.6 is 0 Å². The second kappa shape index (κ2) is 5.73. The first-order chi connectivity index (χ1) is 10.9. The first kappa shape index (κ1) is 15.6. The number of benzene rings is 1. The zero-order valence-corrected chi connectivity index (χ0v) is 13.1. The molecule has 23 heavy (non-hydrogen) atoms. The van der Waals surface area contributed by atoms with Gasteiger partial charge in [-0.1, -0.05) is 0 Å². The monoisotopic (exact) mass is 339 g/mol. The quantitative estimate of drug-likeness (QED) is 0.832. The van der Waals surface area contributed by atoms with Crippen LogP contribution in [0.1, 0.15) is 17.1 Å². The van der Waals surface area contributed by atoms with Gasteiger partial charge in [0.15, 0.2) is 9.84 Å². The van der Waals surface area contributed by atoms with Crippen LogP contribution in [-0.4, -0.2) is 54.0 Å². The van der Waals surface area contributed by atoms with Crippen LogP contribution in [0.25, 0.3) is 11.5 Å². The van der Waals surface area contributed by atoms with E-state index in [9.17, 15) is 17.6 Å². The molecule has 1 atom stereocenters. The molecule has 1 aliphatic rings. The van der Waals surface area contributed by atoms with Crippen molar-refractivity contribution in [2.45, 2.75) is 12.5 Å². The lowest BCUT2D eigenvalue weighted by atomic mass is 10.2. The van der Waals surface area contributed by atoms with E-state index in [2.05, 4.69) is 10.2 Å². The van der Waals surface area contributed by atoms with Crippen molar-refractivity contribution >= 4 is 15.7 Å². The van der Waals surface area contributed by atoms with E-state index in [1.807, 2.05) is 0 Å². The number of hydrogen-bond donors (Lipinski definition) is 0. The van der Waals surface area contributed by atoms with Crippen LogP contribution in [-0.2, 0) is 9.84 Å². The third-order valence-electron chi connectivity index (χ3n) is 3.78. The third kappa shape index (κ3) is 3.24. The molecule has 0 aliphatic carbocycles. The van der Waals surface area contributed by atoms with Gasteiger partial charge in [-0.15, -0.1) is 10.2 Å². The highest BCUT2D eigenvalue weighted by Crippen LogP contribution is 2.21. The fourth-order valence-electron chi connectivity index (χ4n) is 2.42. The van der Waals surface area contributed by atoms with Crippen LogP contribution in [0.2, 0.25) is 0 Å². The Labute approximate surface area is 132 Å². The molecule has 3 rings (SSSR count). The SMILES string of the molecule is CN(C(=O)c1nnc(-c2ccc(F)cc2)o1)C1CCS(=O)(=O)C1. The number of hydrogen-bond acceptors (Lipinski definition) is 6. The van der Waals surface area contributed by atoms with Gasteiger partial charge in [0.05, 0.1) is 11.5 Å². The summed E-state index contributed by atoms with van der Waals surface area (Å²) in [5.41, 5.74) is 0.490. The zero-order valence-electron chi connectivity index (χ0n) is 12.3. The number of nitrogens with zero attached hydrogens (tertiary/aromatic N) is 3. The minimum absolute atomic E-state index is 0.0613. The largest absolute Gasteiger partial charge is 0.412 e. The molecule has 7 nitrogen and oxygen atoms in total. The molecule has 9 heteroatoms. The summed E-state index contributed by atoms with van der Waals surface area (Å²) in [4.78, 5) is 13.6. The van der Waals surface area contributed by atoms with Gasteiger partial charge < -0.3 is 9.32 Å². The molecule has 122 valence electrons. The lowest BCUT2D eigenvalue weighted by molar-refractivity contribution is 0.0708. The molecule has 1 aromatic carbocycles. The summed E-state index contributed by atoms with van der Waals surface area (Å²) in [6, 6.07) is 5.02. The predicted molar refractivity (Wildman–Crippen MR) is 78.8 cm³/mol. The van der Waals surface area contributed by atoms with Crippen molar-refractivity contribution in [2.24, 2.45) is 0 Å². The Morgan fingerprint density at radius 3 is 2.61 bits per heavy atom. The average Bonchev–Trinajstić information content (AvgIpc) is 3.13. The number of rotatable bonds is 3. The molecule has 1 aliphatic heterocycles. The predicted octanol–water partition coefficient (Wildman–Crippen LogP) is 1.13. The Morgan fingerprint density at radius 2 is 2.00 bits per heavy atom. The van der Waals surface area contributed by atoms with E-state index >= 15 is 0 Å². The number of amides is 1. The molecule has 1 aromatic heterocycles. The Morgan fingerprint density at radius 1 is 1.30 bits per heavy atom. The van der Waals surface area contributed by atoms with E-state index in [1.165, 1.54) is 36.2 Å². The third-order valence-corrected chi connectivity index (χ3v) is 5.53. The van der Waals surface area contributed by atoms with Crippen LogP contribution in [0.15, 0.2) is 28.7 Å². The molecule has 2 heterocycles. The molecule has 0 radical (unpaired) electrons. The van der Waals surface area contributed by atoms with E-state index in [0.717, 1.165) is 0 Å². The maximum absolute atomic E-state index is 12.9. The van der Waals surface area contributed by atoms with Crippen molar-refractivity contribution in [1.29, 1.82) is 0 Å². The van der Waals surface area contributed by atoms with E-state index in [0.29, 0.717) is 12.0 Å². The lowest BCUT2D eigenvalue weighted by Crippen LogP contribution is -2.38. The average molecular weight is 339 g/mol. The van der Waals surface area contributed by atoms with Gasteiger partial charge in [-0.3, -0.25) is 4.79 Å². The van der Waals surface area contributed by atoms with Crippen LogP contribution in [0.4, 0.5) is 4.39 Å². The van der Waals surface area contributed by atoms with Crippen molar-refractivity contribution < 1.29 is 22.0 Å². The summed E-state index contributed by atoms with van der Waals surface area (Å²) in [5, 5.41) is 7.46. The normalized spacial score (nSPS) is 19.7. The zero-order chi connectivity index (χ0) is 16.6. The van der Waals surface area contributed by atoms with E-state index in [1.54, 1.807) is 0 Å². The van der Waals surface area contributed by atoms with Crippen LogP contribution in [0, 0.1) is 5.82 Å². The molecule has 1 saturated heterocycles. The fourth-order valence-corrected chi connectivity index (χ4v) is 4.19. The number of carbonyl (C=O) groups excluding carboxylic acids is 1. The molecule has 1 unspecified atom stereocenters. The maximum atomic E-state index is 12.9. The summed E-state index contributed by atoms with van der Waals surface area (Å²) in [6.07, 6.45) is 0.392. The number of halogens is 1. The van der Waals surface area contributed by atoms with Gasteiger partial charge in [0, 0.05) is 18.7 Å². The molecule has 0 N–H and O–H groups in total. The highest BCUT2D eigenvalue weighted by atomic mass is 32.2. The van der Waals surface area contributed by atoms with Gasteiger partial charge in [-0.05, 0) is 30.7 Å². The Bertz CT molecular complexity index is 832. The van der Waals surface area contributed by atoms with Crippen molar-refractivity contribution in [1.82, 2.24) is 15.1 Å². The van der Waals surface area contributed by atoms with Gasteiger partial charge in [0.1, 0.15) is 5.82 Å². The molecular formula is C14H14FN3O4S. The number of sulfone groups is 1. The van der Waals surface area contributed by atoms with Crippen molar-refractivity contribution in [3.05, 3.63) is 36.0 Å². The van der Waals surface area contributed by atoms with Crippen molar-refractivity contribution in [3.8, 4) is 11.5 Å². The molecule has 2 aromatic rings. The van der Waals surface area contributed by atoms with Crippen molar-refractivity contribution in [3.63, 3.8) is 0 Å². The minimum Gasteiger partial charge on any atom is -0.412 e. The standard InChI is InChI=1S/C14H14FN3O4S/c1-18(11-6-7-23(20,21)8-11)14(19)13-17-16-12(22-13)9-2-4-10(15)5-3-9/h2-5,11H,6-8H2,1H3. The second-order valence-electron chi connectivity index (χ2n) is 5.39. The lowest BCUT2D eigenvalue weighted by Gasteiger charge is -2.21. The van der Waals surface area contributed by atoms with Crippen molar-refractivity contribution in [2.75, 3.05) is 18.6 Å². The van der Waals surface area contributed by atoms with Gasteiger partial charge in [0.25, 0.3) is 0 Å². The molecule has 0 bridgehead atoms. The van der Waals surface area contributed by atoms with Gasteiger partial charge in [0.2, 0.25) is 5.89 Å². The number of carbonyl (C=O) groups is 1. The van der Waals surface area contributed by atoms with E-state index in [-0.39, 0.29) is 23.3 Å². The summed E-state index contributed by atoms with van der Waals surface area (Å²) in [6.45, 7) is 0. The number of aromatic nitrogens is 2.